The lowest BCUT2D eigenvalue weighted by Gasteiger charge is -2.14. The number of nitro groups is 1. The monoisotopic (exact) mass is 292 g/mol. The van der Waals surface area contributed by atoms with E-state index in [0.29, 0.717) is 4.90 Å². The lowest BCUT2D eigenvalue weighted by Crippen LogP contribution is -2.35. The minimum Gasteiger partial charge on any atom is -0.464 e. The molecule has 20 heavy (non-hydrogen) atoms. The highest BCUT2D eigenvalue weighted by Gasteiger charge is 2.25. The van der Waals surface area contributed by atoms with Gasteiger partial charge in [0.15, 0.2) is 0 Å². The molecule has 0 fully saturated rings. The Balaban J connectivity index is 2.33. The third kappa shape index (κ3) is 2.64. The molecule has 2 rings (SSSR count). The fourth-order valence-corrected chi connectivity index (χ4v) is 2.25. The smallest absolute Gasteiger partial charge is 0.419 e. The molecular formula is C12H8N2O5S. The summed E-state index contributed by atoms with van der Waals surface area (Å²) in [4.78, 5) is 33.9. The molecule has 0 spiro atoms. The van der Waals surface area contributed by atoms with E-state index < -0.39 is 16.9 Å². The summed E-state index contributed by atoms with van der Waals surface area (Å²) in [5.41, 5.74) is -0.106. The number of thiophene rings is 1. The van der Waals surface area contributed by atoms with Crippen LogP contribution in [0.4, 0.5) is 15.5 Å². The van der Waals surface area contributed by atoms with E-state index in [2.05, 4.69) is 0 Å². The Morgan fingerprint density at radius 3 is 2.30 bits per heavy atom. The molecule has 1 heterocycles. The van der Waals surface area contributed by atoms with Gasteiger partial charge in [0.25, 0.3) is 11.6 Å². The van der Waals surface area contributed by atoms with Crippen molar-refractivity contribution in [3.8, 4) is 0 Å². The molecule has 2 aromatic rings. The summed E-state index contributed by atoms with van der Waals surface area (Å²) in [6.45, 7) is 0. The quantitative estimate of drug-likeness (QED) is 0.692. The van der Waals surface area contributed by atoms with Crippen molar-refractivity contribution in [1.82, 2.24) is 0 Å². The number of anilines is 1. The largest absolute Gasteiger partial charge is 0.464 e. The molecule has 0 aliphatic rings. The standard InChI is InChI=1S/C12H8N2O5S/c15-11(8-3-5-9(6-4-8)14(18)19)13(12(16)17)10-2-1-7-20-10/h1-7H,(H,16,17). The number of carbonyl (C=O) groups excluding carboxylic acids is 1. The maximum atomic E-state index is 12.1. The Labute approximate surface area is 116 Å². The van der Waals surface area contributed by atoms with Gasteiger partial charge in [0, 0.05) is 17.7 Å². The number of carbonyl (C=O) groups is 2. The van der Waals surface area contributed by atoms with E-state index in [-0.39, 0.29) is 16.3 Å². The molecular weight excluding hydrogens is 284 g/mol. The lowest BCUT2D eigenvalue weighted by atomic mass is 10.2. The molecule has 0 radical (unpaired) electrons. The minimum absolute atomic E-state index is 0.0615. The van der Waals surface area contributed by atoms with E-state index in [1.54, 1.807) is 11.4 Å². The predicted octanol–water partition coefficient (Wildman–Crippen LogP) is 2.98. The Kier molecular flexibility index (Phi) is 3.76. The van der Waals surface area contributed by atoms with Crippen LogP contribution in [0.5, 0.6) is 0 Å². The predicted molar refractivity (Wildman–Crippen MR) is 72.2 cm³/mol. The Morgan fingerprint density at radius 1 is 1.20 bits per heavy atom. The van der Waals surface area contributed by atoms with Crippen molar-refractivity contribution in [1.29, 1.82) is 0 Å². The number of hydrogen-bond acceptors (Lipinski definition) is 5. The molecule has 0 saturated carbocycles. The zero-order chi connectivity index (χ0) is 14.7. The van der Waals surface area contributed by atoms with Crippen molar-refractivity contribution in [3.63, 3.8) is 0 Å². The van der Waals surface area contributed by atoms with E-state index in [1.165, 1.54) is 18.2 Å². The second-order valence-corrected chi connectivity index (χ2v) is 4.60. The van der Waals surface area contributed by atoms with Gasteiger partial charge in [0.1, 0.15) is 5.00 Å². The van der Waals surface area contributed by atoms with Crippen molar-refractivity contribution in [2.45, 2.75) is 0 Å². The second-order valence-electron chi connectivity index (χ2n) is 3.68. The molecule has 0 aliphatic heterocycles. The van der Waals surface area contributed by atoms with Crippen LogP contribution in [0.2, 0.25) is 0 Å². The average Bonchev–Trinajstić information content (AvgIpc) is 2.92. The number of nitrogens with zero attached hydrogens (tertiary/aromatic N) is 2. The number of hydrogen-bond donors (Lipinski definition) is 1. The summed E-state index contributed by atoms with van der Waals surface area (Å²) in [6.07, 6.45) is -1.41. The van der Waals surface area contributed by atoms with E-state index in [9.17, 15) is 19.7 Å². The first-order valence-corrected chi connectivity index (χ1v) is 6.24. The van der Waals surface area contributed by atoms with Gasteiger partial charge in [-0.25, -0.2) is 9.69 Å². The van der Waals surface area contributed by atoms with Crippen molar-refractivity contribution in [2.24, 2.45) is 0 Å². The first-order valence-electron chi connectivity index (χ1n) is 5.36. The number of rotatable bonds is 3. The van der Waals surface area contributed by atoms with Crippen molar-refractivity contribution < 1.29 is 19.6 Å². The fourth-order valence-electron chi connectivity index (χ4n) is 1.53. The van der Waals surface area contributed by atoms with Gasteiger partial charge in [-0.05, 0) is 29.6 Å². The van der Waals surface area contributed by atoms with Gasteiger partial charge >= 0.3 is 6.09 Å². The number of imide groups is 1. The fraction of sp³-hybridized carbons (Fsp3) is 0. The summed E-state index contributed by atoms with van der Waals surface area (Å²) >= 11 is 1.11. The third-order valence-electron chi connectivity index (χ3n) is 2.45. The van der Waals surface area contributed by atoms with Crippen molar-refractivity contribution >= 4 is 34.0 Å². The second kappa shape index (κ2) is 5.49. The van der Waals surface area contributed by atoms with Crippen LogP contribution in [-0.2, 0) is 0 Å². The molecule has 1 aromatic carbocycles. The molecule has 7 nitrogen and oxygen atoms in total. The van der Waals surface area contributed by atoms with Gasteiger partial charge in [0.2, 0.25) is 0 Å². The van der Waals surface area contributed by atoms with E-state index in [0.717, 1.165) is 23.5 Å². The van der Waals surface area contributed by atoms with Crippen LogP contribution < -0.4 is 4.90 Å². The maximum Gasteiger partial charge on any atom is 0.419 e. The Hall–Kier alpha value is -2.74. The molecule has 8 heteroatoms. The van der Waals surface area contributed by atoms with Crippen LogP contribution in [0.1, 0.15) is 10.4 Å². The number of non-ortho nitro benzene ring substituents is 1. The molecule has 0 unspecified atom stereocenters. The summed E-state index contributed by atoms with van der Waals surface area (Å²) in [5, 5.41) is 21.6. The summed E-state index contributed by atoms with van der Waals surface area (Å²) in [7, 11) is 0. The van der Waals surface area contributed by atoms with Gasteiger partial charge in [-0.15, -0.1) is 11.3 Å². The highest BCUT2D eigenvalue weighted by molar-refractivity contribution is 7.14. The number of nitro benzene ring substituents is 1. The highest BCUT2D eigenvalue weighted by atomic mass is 32.1. The van der Waals surface area contributed by atoms with E-state index in [4.69, 9.17) is 5.11 Å². The molecule has 0 bridgehead atoms. The topological polar surface area (TPSA) is 101 Å². The van der Waals surface area contributed by atoms with Crippen LogP contribution >= 0.6 is 11.3 Å². The van der Waals surface area contributed by atoms with Crippen LogP contribution in [0.15, 0.2) is 41.8 Å². The van der Waals surface area contributed by atoms with Crippen molar-refractivity contribution in [3.05, 3.63) is 57.5 Å². The highest BCUT2D eigenvalue weighted by Crippen LogP contribution is 2.24. The van der Waals surface area contributed by atoms with Crippen LogP contribution in [0, 0.1) is 10.1 Å². The third-order valence-corrected chi connectivity index (χ3v) is 3.30. The number of benzene rings is 1. The lowest BCUT2D eigenvalue weighted by molar-refractivity contribution is -0.384. The molecule has 1 aromatic heterocycles. The summed E-state index contributed by atoms with van der Waals surface area (Å²) < 4.78 is 0. The van der Waals surface area contributed by atoms with Gasteiger partial charge in [-0.3, -0.25) is 14.9 Å². The Morgan fingerprint density at radius 2 is 1.85 bits per heavy atom. The van der Waals surface area contributed by atoms with E-state index >= 15 is 0 Å². The molecule has 1 N–H and O–H groups in total. The van der Waals surface area contributed by atoms with Gasteiger partial charge < -0.3 is 5.11 Å². The molecule has 0 aliphatic carbocycles. The zero-order valence-electron chi connectivity index (χ0n) is 9.92. The van der Waals surface area contributed by atoms with Crippen LogP contribution in [0.3, 0.4) is 0 Å². The number of carboxylic acid groups (broad SMARTS) is 1. The summed E-state index contributed by atoms with van der Waals surface area (Å²) in [6, 6.07) is 7.89. The van der Waals surface area contributed by atoms with Crippen molar-refractivity contribution in [2.75, 3.05) is 4.90 Å². The van der Waals surface area contributed by atoms with Crippen LogP contribution in [0.25, 0.3) is 0 Å². The molecule has 0 atom stereocenters. The first-order chi connectivity index (χ1) is 9.50. The first kappa shape index (κ1) is 13.7. The molecule has 0 saturated heterocycles. The normalized spacial score (nSPS) is 10.0. The van der Waals surface area contributed by atoms with Gasteiger partial charge in [0.05, 0.1) is 4.92 Å². The number of amides is 2. The van der Waals surface area contributed by atoms with E-state index in [1.807, 2.05) is 0 Å². The van der Waals surface area contributed by atoms with Gasteiger partial charge in [-0.2, -0.15) is 0 Å². The van der Waals surface area contributed by atoms with Gasteiger partial charge in [-0.1, -0.05) is 0 Å². The molecule has 2 amide bonds. The maximum absolute atomic E-state index is 12.1. The Bertz CT molecular complexity index is 651. The zero-order valence-corrected chi connectivity index (χ0v) is 10.7. The molecule has 102 valence electrons. The van der Waals surface area contributed by atoms with Crippen LogP contribution in [-0.4, -0.2) is 22.0 Å². The summed E-state index contributed by atoms with van der Waals surface area (Å²) in [5.74, 6) is -0.755. The minimum atomic E-state index is -1.41. The average molecular weight is 292 g/mol. The SMILES string of the molecule is O=C(O)N(C(=O)c1ccc([N+](=O)[O-])cc1)c1cccs1.